The Hall–Kier alpha value is -2.33. The summed E-state index contributed by atoms with van der Waals surface area (Å²) in [6, 6.07) is 8.97. The Kier molecular flexibility index (Phi) is 5.62. The van der Waals surface area contributed by atoms with Gasteiger partial charge in [-0.1, -0.05) is 46.9 Å². The molecule has 0 aliphatic heterocycles. The second-order valence-electron chi connectivity index (χ2n) is 4.60. The molecule has 9 heteroatoms. The van der Waals surface area contributed by atoms with Gasteiger partial charge in [0, 0.05) is 17.7 Å². The molecule has 6 nitrogen and oxygen atoms in total. The van der Waals surface area contributed by atoms with Gasteiger partial charge in [-0.25, -0.2) is 0 Å². The summed E-state index contributed by atoms with van der Waals surface area (Å²) < 4.78 is 0. The van der Waals surface area contributed by atoms with E-state index in [1.54, 1.807) is 18.2 Å². The second kappa shape index (κ2) is 7.49. The first-order valence-electron chi connectivity index (χ1n) is 6.43. The monoisotopic (exact) mass is 383 g/mol. The zero-order valence-corrected chi connectivity index (χ0v) is 14.1. The third-order valence-electron chi connectivity index (χ3n) is 3.11. The molecule has 0 fully saturated rings. The van der Waals surface area contributed by atoms with E-state index in [1.165, 1.54) is 6.07 Å². The van der Waals surface area contributed by atoms with Crippen molar-refractivity contribution >= 4 is 46.4 Å². The van der Waals surface area contributed by atoms with E-state index in [4.69, 9.17) is 34.8 Å². The minimum Gasteiger partial charge on any atom is -0.332 e. The fraction of sp³-hybridized carbons (Fsp3) is 0.0667. The van der Waals surface area contributed by atoms with Crippen LogP contribution in [0.1, 0.15) is 22.0 Å². The lowest BCUT2D eigenvalue weighted by Gasteiger charge is -2.14. The van der Waals surface area contributed by atoms with Gasteiger partial charge in [-0.05, 0) is 12.1 Å². The second-order valence-corrected chi connectivity index (χ2v) is 5.79. The van der Waals surface area contributed by atoms with Gasteiger partial charge < -0.3 is 5.32 Å². The van der Waals surface area contributed by atoms with Gasteiger partial charge in [0.2, 0.25) is 0 Å². The molecule has 24 heavy (non-hydrogen) atoms. The van der Waals surface area contributed by atoms with E-state index >= 15 is 0 Å². The Morgan fingerprint density at radius 2 is 1.92 bits per heavy atom. The minimum atomic E-state index is -1.06. The molecule has 0 aromatic heterocycles. The lowest BCUT2D eigenvalue weighted by Crippen LogP contribution is -2.28. The molecule has 0 heterocycles. The Morgan fingerprint density at radius 3 is 2.50 bits per heavy atom. The van der Waals surface area contributed by atoms with Crippen LogP contribution in [0.15, 0.2) is 36.4 Å². The fourth-order valence-corrected chi connectivity index (χ4v) is 2.61. The average Bonchev–Trinajstić information content (AvgIpc) is 2.55. The van der Waals surface area contributed by atoms with Crippen molar-refractivity contribution in [1.29, 1.82) is 5.26 Å². The van der Waals surface area contributed by atoms with Gasteiger partial charge in [0.15, 0.2) is 0 Å². The number of carbonyl (C=O) groups excluding carboxylic acids is 1. The molecule has 0 bridgehead atoms. The van der Waals surface area contributed by atoms with Gasteiger partial charge in [-0.2, -0.15) is 5.26 Å². The van der Waals surface area contributed by atoms with Crippen molar-refractivity contribution in [3.05, 3.63) is 72.7 Å². The van der Waals surface area contributed by atoms with E-state index < -0.39 is 16.9 Å². The number of nitriles is 1. The predicted octanol–water partition coefficient (Wildman–Crippen LogP) is 4.55. The third kappa shape index (κ3) is 3.77. The molecular formula is C15H8Cl3N3O3. The number of benzene rings is 2. The molecule has 2 aromatic rings. The first-order chi connectivity index (χ1) is 11.3. The summed E-state index contributed by atoms with van der Waals surface area (Å²) in [6.07, 6.45) is 0. The van der Waals surface area contributed by atoms with Crippen LogP contribution in [0, 0.1) is 21.4 Å². The van der Waals surface area contributed by atoms with Gasteiger partial charge in [0.05, 0.1) is 31.6 Å². The summed E-state index contributed by atoms with van der Waals surface area (Å²) in [5.41, 5.74) is 0.0880. The van der Waals surface area contributed by atoms with Gasteiger partial charge in [-0.3, -0.25) is 14.9 Å². The predicted molar refractivity (Wildman–Crippen MR) is 90.4 cm³/mol. The Bertz CT molecular complexity index is 865. The van der Waals surface area contributed by atoms with Crippen molar-refractivity contribution < 1.29 is 9.72 Å². The van der Waals surface area contributed by atoms with Gasteiger partial charge in [0.1, 0.15) is 6.04 Å². The fourth-order valence-electron chi connectivity index (χ4n) is 1.93. The Labute approximate surface area is 151 Å². The van der Waals surface area contributed by atoms with Gasteiger partial charge in [0.25, 0.3) is 11.6 Å². The Balaban J connectivity index is 2.29. The van der Waals surface area contributed by atoms with Crippen LogP contribution in [-0.2, 0) is 0 Å². The molecule has 0 aliphatic rings. The zero-order valence-electron chi connectivity index (χ0n) is 11.8. The number of halogens is 3. The highest BCUT2D eigenvalue weighted by molar-refractivity contribution is 6.42. The van der Waals surface area contributed by atoms with Crippen LogP contribution in [0.25, 0.3) is 0 Å². The van der Waals surface area contributed by atoms with Crippen molar-refractivity contribution in [1.82, 2.24) is 5.32 Å². The highest BCUT2D eigenvalue weighted by Crippen LogP contribution is 2.30. The van der Waals surface area contributed by atoms with Crippen molar-refractivity contribution in [2.75, 3.05) is 0 Å². The van der Waals surface area contributed by atoms with Crippen LogP contribution in [-0.4, -0.2) is 10.8 Å². The smallest absolute Gasteiger partial charge is 0.270 e. The summed E-state index contributed by atoms with van der Waals surface area (Å²) in [5, 5.41) is 22.7. The molecule has 122 valence electrons. The molecule has 0 saturated heterocycles. The molecule has 1 N–H and O–H groups in total. The highest BCUT2D eigenvalue weighted by atomic mass is 35.5. The molecular weight excluding hydrogens is 377 g/mol. The molecule has 0 radical (unpaired) electrons. The van der Waals surface area contributed by atoms with E-state index in [2.05, 4.69) is 5.32 Å². The summed E-state index contributed by atoms with van der Waals surface area (Å²) >= 11 is 17.9. The van der Waals surface area contributed by atoms with E-state index in [9.17, 15) is 20.2 Å². The maximum Gasteiger partial charge on any atom is 0.270 e. The zero-order chi connectivity index (χ0) is 17.9. The molecule has 1 unspecified atom stereocenters. The number of non-ortho nitro benzene ring substituents is 1. The number of carbonyl (C=O) groups is 1. The van der Waals surface area contributed by atoms with Crippen LogP contribution in [0.4, 0.5) is 5.69 Å². The molecule has 0 spiro atoms. The van der Waals surface area contributed by atoms with Crippen molar-refractivity contribution in [2.24, 2.45) is 0 Å². The molecule has 0 saturated carbocycles. The number of nitro groups is 1. The topological polar surface area (TPSA) is 96.0 Å². The highest BCUT2D eigenvalue weighted by Gasteiger charge is 2.21. The largest absolute Gasteiger partial charge is 0.332 e. The third-order valence-corrected chi connectivity index (χ3v) is 4.25. The summed E-state index contributed by atoms with van der Waals surface area (Å²) in [4.78, 5) is 22.4. The molecule has 1 atom stereocenters. The number of nitro benzene ring substituents is 1. The number of nitrogens with one attached hydrogen (secondary N) is 1. The van der Waals surface area contributed by atoms with Crippen LogP contribution in [0.2, 0.25) is 15.1 Å². The van der Waals surface area contributed by atoms with E-state index in [-0.39, 0.29) is 26.3 Å². The van der Waals surface area contributed by atoms with Crippen LogP contribution >= 0.6 is 34.8 Å². The van der Waals surface area contributed by atoms with Crippen molar-refractivity contribution in [3.8, 4) is 6.07 Å². The minimum absolute atomic E-state index is 0.000618. The lowest BCUT2D eigenvalue weighted by atomic mass is 10.1. The first kappa shape index (κ1) is 18.0. The molecule has 1 amide bonds. The average molecular weight is 385 g/mol. The number of nitrogens with zero attached hydrogens (tertiary/aromatic N) is 2. The maximum absolute atomic E-state index is 12.3. The molecule has 2 aromatic carbocycles. The standard InChI is InChI=1S/C15H8Cl3N3O3/c16-11-3-1-2-10(14(11)18)13(7-19)20-15(22)9-5-4-8(21(23)24)6-12(9)17/h1-6,13H,(H,20,22). The SMILES string of the molecule is N#CC(NC(=O)c1ccc([N+](=O)[O-])cc1Cl)c1cccc(Cl)c1Cl. The number of hydrogen-bond acceptors (Lipinski definition) is 4. The molecule has 0 aliphatic carbocycles. The summed E-state index contributed by atoms with van der Waals surface area (Å²) in [5.74, 6) is -0.669. The number of rotatable bonds is 4. The maximum atomic E-state index is 12.3. The Morgan fingerprint density at radius 1 is 1.21 bits per heavy atom. The number of hydrogen-bond donors (Lipinski definition) is 1. The first-order valence-corrected chi connectivity index (χ1v) is 7.57. The van der Waals surface area contributed by atoms with Crippen LogP contribution < -0.4 is 5.32 Å². The molecule has 2 rings (SSSR count). The van der Waals surface area contributed by atoms with Crippen LogP contribution in [0.3, 0.4) is 0 Å². The van der Waals surface area contributed by atoms with E-state index in [0.717, 1.165) is 12.1 Å². The van der Waals surface area contributed by atoms with Crippen molar-refractivity contribution in [3.63, 3.8) is 0 Å². The van der Waals surface area contributed by atoms with Crippen molar-refractivity contribution in [2.45, 2.75) is 6.04 Å². The van der Waals surface area contributed by atoms with Gasteiger partial charge >= 0.3 is 0 Å². The summed E-state index contributed by atoms with van der Waals surface area (Å²) in [6.45, 7) is 0. The number of amides is 1. The van der Waals surface area contributed by atoms with E-state index in [0.29, 0.717) is 5.56 Å². The lowest BCUT2D eigenvalue weighted by molar-refractivity contribution is -0.384. The van der Waals surface area contributed by atoms with Crippen LogP contribution in [0.5, 0.6) is 0 Å². The normalized spacial score (nSPS) is 11.4. The summed E-state index contributed by atoms with van der Waals surface area (Å²) in [7, 11) is 0. The van der Waals surface area contributed by atoms with Gasteiger partial charge in [-0.15, -0.1) is 0 Å². The van der Waals surface area contributed by atoms with E-state index in [1.807, 2.05) is 6.07 Å². The quantitative estimate of drug-likeness (QED) is 0.618.